The number of imidazole rings is 1. The van der Waals surface area contributed by atoms with Gasteiger partial charge < -0.3 is 9.64 Å². The Hall–Kier alpha value is -3.34. The molecule has 1 saturated carbocycles. The summed E-state index contributed by atoms with van der Waals surface area (Å²) in [6.45, 7) is 0.0205. The third kappa shape index (κ3) is 3.93. The molecule has 0 bridgehead atoms. The zero-order valence-electron chi connectivity index (χ0n) is 18.0. The Bertz CT molecular complexity index is 1290. The number of pyridine rings is 2. The van der Waals surface area contributed by atoms with Crippen LogP contribution in [0.25, 0.3) is 5.65 Å². The molecule has 5 rings (SSSR count). The predicted octanol–water partition coefficient (Wildman–Crippen LogP) is 3.78. The molecular weight excluding hydrogens is 475 g/mol. The molecule has 8 nitrogen and oxygen atoms in total. The fraction of sp³-hybridized carbons (Fsp3) is 0.364. The maximum Gasteiger partial charge on any atom is 0.419 e. The maximum absolute atomic E-state index is 13.7. The summed E-state index contributed by atoms with van der Waals surface area (Å²) >= 11 is 6.35. The minimum absolute atomic E-state index is 0.0420. The van der Waals surface area contributed by atoms with Gasteiger partial charge in [0.15, 0.2) is 11.3 Å². The quantitative estimate of drug-likeness (QED) is 0.552. The van der Waals surface area contributed by atoms with Crippen molar-refractivity contribution in [2.45, 2.75) is 24.9 Å². The van der Waals surface area contributed by atoms with Crippen molar-refractivity contribution in [2.75, 3.05) is 31.6 Å². The van der Waals surface area contributed by atoms with Gasteiger partial charge in [-0.3, -0.25) is 18.9 Å². The van der Waals surface area contributed by atoms with Crippen LogP contribution in [0.1, 0.15) is 40.4 Å². The number of ether oxygens (including phenoxy) is 1. The van der Waals surface area contributed by atoms with Crippen LogP contribution in [0.2, 0.25) is 5.15 Å². The minimum Gasteiger partial charge on any atom is -0.495 e. The lowest BCUT2D eigenvalue weighted by Crippen LogP contribution is -2.52. The van der Waals surface area contributed by atoms with Gasteiger partial charge >= 0.3 is 6.18 Å². The molecule has 3 aromatic heterocycles. The second-order valence-electron chi connectivity index (χ2n) is 8.23. The Kier molecular flexibility index (Phi) is 5.38. The van der Waals surface area contributed by atoms with Gasteiger partial charge in [-0.05, 0) is 42.5 Å². The molecule has 0 radical (unpaired) electrons. The highest BCUT2D eigenvalue weighted by Gasteiger charge is 2.38. The molecule has 3 aromatic rings. The summed E-state index contributed by atoms with van der Waals surface area (Å²) in [5.74, 6) is -0.101. The number of hydrogen-bond acceptors (Lipinski definition) is 5. The topological polar surface area (TPSA) is 80.0 Å². The van der Waals surface area contributed by atoms with Crippen LogP contribution < -0.4 is 9.64 Å². The normalized spacial score (nSPS) is 16.9. The number of carbonyl (C=O) groups is 2. The molecule has 1 aliphatic carbocycles. The predicted molar refractivity (Wildman–Crippen MR) is 116 cm³/mol. The molecule has 34 heavy (non-hydrogen) atoms. The van der Waals surface area contributed by atoms with Crippen LogP contribution in [0.15, 0.2) is 30.6 Å². The largest absolute Gasteiger partial charge is 0.495 e. The molecule has 0 spiro atoms. The number of hydrogen-bond donors (Lipinski definition) is 0. The van der Waals surface area contributed by atoms with Crippen molar-refractivity contribution >= 4 is 34.9 Å². The summed E-state index contributed by atoms with van der Waals surface area (Å²) in [6.07, 6.45) is -0.0711. The number of aromatic nitrogens is 3. The van der Waals surface area contributed by atoms with Gasteiger partial charge in [0, 0.05) is 19.3 Å². The Morgan fingerprint density at radius 2 is 2.00 bits per heavy atom. The van der Waals surface area contributed by atoms with Crippen LogP contribution in [0.5, 0.6) is 5.75 Å². The van der Waals surface area contributed by atoms with E-state index in [4.69, 9.17) is 16.3 Å². The van der Waals surface area contributed by atoms with E-state index in [0.717, 1.165) is 23.3 Å². The molecule has 1 saturated heterocycles. The van der Waals surface area contributed by atoms with E-state index in [1.54, 1.807) is 12.1 Å². The van der Waals surface area contributed by atoms with Crippen LogP contribution in [0.4, 0.5) is 19.0 Å². The van der Waals surface area contributed by atoms with Gasteiger partial charge in [0.1, 0.15) is 23.3 Å². The molecule has 2 fully saturated rings. The number of amides is 2. The van der Waals surface area contributed by atoms with Gasteiger partial charge in [-0.1, -0.05) is 11.6 Å². The van der Waals surface area contributed by atoms with Crippen molar-refractivity contribution in [1.29, 1.82) is 0 Å². The molecule has 12 heteroatoms. The molecule has 4 heterocycles. The molecule has 0 N–H and O–H groups in total. The highest BCUT2D eigenvalue weighted by molar-refractivity contribution is 6.33. The number of anilines is 1. The number of nitrogens with zero attached hydrogens (tertiary/aromatic N) is 5. The summed E-state index contributed by atoms with van der Waals surface area (Å²) in [5, 5.41) is -0.209. The highest BCUT2D eigenvalue weighted by Crippen LogP contribution is 2.43. The van der Waals surface area contributed by atoms with Crippen molar-refractivity contribution in [3.05, 3.63) is 52.6 Å². The monoisotopic (exact) mass is 493 g/mol. The van der Waals surface area contributed by atoms with E-state index >= 15 is 0 Å². The van der Waals surface area contributed by atoms with E-state index in [1.165, 1.54) is 29.3 Å². The van der Waals surface area contributed by atoms with E-state index < -0.39 is 23.3 Å². The van der Waals surface area contributed by atoms with Crippen LogP contribution in [-0.2, 0) is 11.0 Å². The summed E-state index contributed by atoms with van der Waals surface area (Å²) < 4.78 is 47.4. The van der Waals surface area contributed by atoms with E-state index in [9.17, 15) is 22.8 Å². The second-order valence-corrected chi connectivity index (χ2v) is 8.59. The van der Waals surface area contributed by atoms with Gasteiger partial charge in [0.25, 0.3) is 5.91 Å². The first-order chi connectivity index (χ1) is 16.2. The van der Waals surface area contributed by atoms with Crippen LogP contribution in [-0.4, -0.2) is 57.8 Å². The lowest BCUT2D eigenvalue weighted by molar-refractivity contribution is -0.136. The van der Waals surface area contributed by atoms with Gasteiger partial charge in [0.05, 0.1) is 18.9 Å². The number of rotatable bonds is 4. The Morgan fingerprint density at radius 1 is 1.24 bits per heavy atom. The molecule has 1 aliphatic heterocycles. The Balaban J connectivity index is 1.42. The number of piperazine rings is 1. The van der Waals surface area contributed by atoms with Crippen molar-refractivity contribution in [3.8, 4) is 5.75 Å². The maximum atomic E-state index is 13.7. The number of alkyl halides is 3. The van der Waals surface area contributed by atoms with Gasteiger partial charge in [-0.2, -0.15) is 13.2 Å². The van der Waals surface area contributed by atoms with Gasteiger partial charge in [0.2, 0.25) is 5.91 Å². The smallest absolute Gasteiger partial charge is 0.419 e. The lowest BCUT2D eigenvalue weighted by Gasteiger charge is -2.33. The number of carbonyl (C=O) groups excluding carboxylic acids is 2. The average molecular weight is 494 g/mol. The van der Waals surface area contributed by atoms with Crippen molar-refractivity contribution in [2.24, 2.45) is 0 Å². The van der Waals surface area contributed by atoms with Crippen molar-refractivity contribution < 1.29 is 27.5 Å². The van der Waals surface area contributed by atoms with E-state index in [1.807, 2.05) is 0 Å². The first-order valence-electron chi connectivity index (χ1n) is 10.6. The SMILES string of the molecule is COc1ccc(N2CCN(C(=O)c3nc4c(C(F)(F)F)cc(C5CC5)cn4c3Cl)CC2=O)nc1. The zero-order valence-corrected chi connectivity index (χ0v) is 18.7. The first kappa shape index (κ1) is 22.5. The highest BCUT2D eigenvalue weighted by atomic mass is 35.5. The number of halogens is 4. The second kappa shape index (κ2) is 8.15. The van der Waals surface area contributed by atoms with Crippen LogP contribution in [0, 0.1) is 0 Å². The molecule has 0 atom stereocenters. The molecule has 0 unspecified atom stereocenters. The summed E-state index contributed by atoms with van der Waals surface area (Å²) in [5.41, 5.74) is -1.18. The fourth-order valence-corrected chi connectivity index (χ4v) is 4.27. The number of methoxy groups -OCH3 is 1. The summed E-state index contributed by atoms with van der Waals surface area (Å²) in [7, 11) is 1.50. The molecule has 2 amide bonds. The molecular formula is C22H19ClF3N5O3. The number of fused-ring (bicyclic) bond motifs is 1. The molecule has 0 aromatic carbocycles. The third-order valence-corrected chi connectivity index (χ3v) is 6.34. The third-order valence-electron chi connectivity index (χ3n) is 5.98. The van der Waals surface area contributed by atoms with Crippen molar-refractivity contribution in [3.63, 3.8) is 0 Å². The van der Waals surface area contributed by atoms with Gasteiger partial charge in [-0.15, -0.1) is 0 Å². The van der Waals surface area contributed by atoms with Crippen LogP contribution >= 0.6 is 11.6 Å². The van der Waals surface area contributed by atoms with E-state index in [-0.39, 0.29) is 42.3 Å². The standard InChI is InChI=1S/C22H19ClF3N5O3/c1-34-14-4-5-16(27-9-14)30-7-6-29(11-17(30)32)21(33)18-19(23)31-10-13(12-2-3-12)8-15(20(31)28-18)22(24,25)26/h4-5,8-10,12H,2-3,6-7,11H2,1H3. The van der Waals surface area contributed by atoms with E-state index in [2.05, 4.69) is 9.97 Å². The fourth-order valence-electron chi connectivity index (χ4n) is 4.01. The minimum atomic E-state index is -4.66. The lowest BCUT2D eigenvalue weighted by atomic mass is 10.1. The average Bonchev–Trinajstić information content (AvgIpc) is 3.61. The molecule has 178 valence electrons. The zero-order chi connectivity index (χ0) is 24.2. The van der Waals surface area contributed by atoms with Crippen molar-refractivity contribution in [1.82, 2.24) is 19.3 Å². The van der Waals surface area contributed by atoms with Gasteiger partial charge in [-0.25, -0.2) is 9.97 Å². The Morgan fingerprint density at radius 3 is 2.59 bits per heavy atom. The molecule has 2 aliphatic rings. The summed E-state index contributed by atoms with van der Waals surface area (Å²) in [4.78, 5) is 36.7. The summed E-state index contributed by atoms with van der Waals surface area (Å²) in [6, 6.07) is 4.37. The first-order valence-corrected chi connectivity index (χ1v) is 10.9. The van der Waals surface area contributed by atoms with E-state index in [0.29, 0.717) is 17.1 Å². The van der Waals surface area contributed by atoms with Crippen LogP contribution in [0.3, 0.4) is 0 Å². The Labute approximate surface area is 196 Å².